The summed E-state index contributed by atoms with van der Waals surface area (Å²) in [5.74, 6) is 0.995. The molecule has 6 heteroatoms. The zero-order chi connectivity index (χ0) is 28.7. The lowest BCUT2D eigenvalue weighted by atomic mass is 10.0. The smallest absolute Gasteiger partial charge is 0.223 e. The molecule has 40 heavy (non-hydrogen) atoms. The number of nitrogens with zero attached hydrogens (tertiary/aromatic N) is 1. The van der Waals surface area contributed by atoms with Crippen LogP contribution < -0.4 is 10.6 Å². The molecule has 2 fully saturated rings. The highest BCUT2D eigenvalue weighted by Gasteiger charge is 2.23. The monoisotopic (exact) mass is 561 g/mol. The van der Waals surface area contributed by atoms with Crippen LogP contribution in [0.25, 0.3) is 0 Å². The molecule has 0 bridgehead atoms. The zero-order valence-electron chi connectivity index (χ0n) is 26.1. The Morgan fingerprint density at radius 3 is 1.32 bits per heavy atom. The molecule has 232 valence electrons. The van der Waals surface area contributed by atoms with Crippen molar-refractivity contribution in [1.29, 1.82) is 0 Å². The summed E-state index contributed by atoms with van der Waals surface area (Å²) in [6.45, 7) is 4.90. The second kappa shape index (κ2) is 23.0. The summed E-state index contributed by atoms with van der Waals surface area (Å²) in [5, 5.41) is 6.19. The lowest BCUT2D eigenvalue weighted by Crippen LogP contribution is -2.37. The van der Waals surface area contributed by atoms with Crippen molar-refractivity contribution >= 4 is 17.7 Å². The van der Waals surface area contributed by atoms with Gasteiger partial charge in [0.2, 0.25) is 17.7 Å². The maximum absolute atomic E-state index is 13.1. The standard InChI is InChI=1S/C34H63N3O3/c1-2-3-4-5-6-7-8-9-10-11-12-13-14-25-32(38)37(28-19-26-35-33(39)30-21-15-16-22-30)29-20-27-36-34(40)31-23-17-18-24-31/h30-31H,2-29H2,1H3,(H,35,39)(H,36,40). The maximum Gasteiger partial charge on any atom is 0.223 e. The van der Waals surface area contributed by atoms with Crippen molar-refractivity contribution in [2.24, 2.45) is 11.8 Å². The van der Waals surface area contributed by atoms with Crippen molar-refractivity contribution in [3.63, 3.8) is 0 Å². The molecule has 0 radical (unpaired) electrons. The Hall–Kier alpha value is -1.59. The van der Waals surface area contributed by atoms with Crippen molar-refractivity contribution in [3.8, 4) is 0 Å². The molecular formula is C34H63N3O3. The predicted octanol–water partition coefficient (Wildman–Crippen LogP) is 7.69. The topological polar surface area (TPSA) is 78.5 Å². The van der Waals surface area contributed by atoms with Crippen LogP contribution >= 0.6 is 0 Å². The largest absolute Gasteiger partial charge is 0.356 e. The summed E-state index contributed by atoms with van der Waals surface area (Å²) in [7, 11) is 0. The van der Waals surface area contributed by atoms with E-state index in [1.54, 1.807) is 0 Å². The molecule has 0 aliphatic heterocycles. The Morgan fingerprint density at radius 1 is 0.550 bits per heavy atom. The van der Waals surface area contributed by atoms with Crippen LogP contribution in [0.2, 0.25) is 0 Å². The second-order valence-corrected chi connectivity index (χ2v) is 12.6. The fourth-order valence-electron chi connectivity index (χ4n) is 6.44. The number of hydrogen-bond acceptors (Lipinski definition) is 3. The molecule has 0 aromatic heterocycles. The third kappa shape index (κ3) is 16.0. The van der Waals surface area contributed by atoms with E-state index in [1.165, 1.54) is 70.6 Å². The number of carbonyl (C=O) groups is 3. The molecule has 2 aliphatic rings. The van der Waals surface area contributed by atoms with E-state index in [2.05, 4.69) is 17.6 Å². The van der Waals surface area contributed by atoms with Crippen LogP contribution in [0.5, 0.6) is 0 Å². The highest BCUT2D eigenvalue weighted by Crippen LogP contribution is 2.25. The van der Waals surface area contributed by atoms with Gasteiger partial charge in [0.05, 0.1) is 0 Å². The number of carbonyl (C=O) groups excluding carboxylic acids is 3. The van der Waals surface area contributed by atoms with Gasteiger partial charge in [-0.25, -0.2) is 0 Å². The van der Waals surface area contributed by atoms with Gasteiger partial charge in [-0.05, 0) is 44.9 Å². The second-order valence-electron chi connectivity index (χ2n) is 12.6. The van der Waals surface area contributed by atoms with E-state index in [9.17, 15) is 14.4 Å². The van der Waals surface area contributed by atoms with E-state index in [-0.39, 0.29) is 29.6 Å². The average Bonchev–Trinajstić information content (AvgIpc) is 3.69. The summed E-state index contributed by atoms with van der Waals surface area (Å²) in [6, 6.07) is 0. The summed E-state index contributed by atoms with van der Waals surface area (Å²) in [4.78, 5) is 39.7. The van der Waals surface area contributed by atoms with Gasteiger partial charge < -0.3 is 15.5 Å². The molecule has 0 heterocycles. The molecule has 2 aliphatic carbocycles. The van der Waals surface area contributed by atoms with Crippen LogP contribution in [0.4, 0.5) is 0 Å². The number of amides is 3. The van der Waals surface area contributed by atoms with Crippen molar-refractivity contribution < 1.29 is 14.4 Å². The van der Waals surface area contributed by atoms with Gasteiger partial charge in [-0.15, -0.1) is 0 Å². The fourth-order valence-corrected chi connectivity index (χ4v) is 6.44. The third-order valence-corrected chi connectivity index (χ3v) is 9.11. The molecule has 6 nitrogen and oxygen atoms in total. The minimum atomic E-state index is 0.191. The third-order valence-electron chi connectivity index (χ3n) is 9.11. The van der Waals surface area contributed by atoms with E-state index in [0.29, 0.717) is 32.6 Å². The average molecular weight is 562 g/mol. The lowest BCUT2D eigenvalue weighted by Gasteiger charge is -2.23. The normalized spacial score (nSPS) is 15.9. The molecule has 0 saturated heterocycles. The molecule has 0 aromatic rings. The Kier molecular flexibility index (Phi) is 19.9. The van der Waals surface area contributed by atoms with Crippen molar-refractivity contribution in [1.82, 2.24) is 15.5 Å². The number of hydrogen-bond donors (Lipinski definition) is 2. The molecule has 2 rings (SSSR count). The molecule has 2 N–H and O–H groups in total. The number of nitrogens with one attached hydrogen (secondary N) is 2. The maximum atomic E-state index is 13.1. The number of unbranched alkanes of at least 4 members (excludes halogenated alkanes) is 12. The Morgan fingerprint density at radius 2 is 0.925 bits per heavy atom. The van der Waals surface area contributed by atoms with E-state index < -0.39 is 0 Å². The predicted molar refractivity (Wildman–Crippen MR) is 166 cm³/mol. The fraction of sp³-hybridized carbons (Fsp3) is 0.912. The summed E-state index contributed by atoms with van der Waals surface area (Å²) < 4.78 is 0. The van der Waals surface area contributed by atoms with Crippen LogP contribution in [-0.2, 0) is 14.4 Å². The molecule has 2 saturated carbocycles. The molecular weight excluding hydrogens is 498 g/mol. The summed E-state index contributed by atoms with van der Waals surface area (Å²) in [5.41, 5.74) is 0. The van der Waals surface area contributed by atoms with Crippen LogP contribution in [0, 0.1) is 11.8 Å². The van der Waals surface area contributed by atoms with Crippen LogP contribution in [0.15, 0.2) is 0 Å². The first-order valence-corrected chi connectivity index (χ1v) is 17.4. The quantitative estimate of drug-likeness (QED) is 0.119. The molecule has 0 spiro atoms. The first kappa shape index (κ1) is 34.6. The van der Waals surface area contributed by atoms with E-state index in [0.717, 1.165) is 77.0 Å². The molecule has 0 unspecified atom stereocenters. The van der Waals surface area contributed by atoms with Crippen molar-refractivity contribution in [3.05, 3.63) is 0 Å². The van der Waals surface area contributed by atoms with Crippen molar-refractivity contribution in [2.75, 3.05) is 26.2 Å². The highest BCUT2D eigenvalue weighted by molar-refractivity contribution is 5.79. The Balaban J connectivity index is 1.58. The Bertz CT molecular complexity index is 635. The van der Waals surface area contributed by atoms with Gasteiger partial charge in [-0.1, -0.05) is 110 Å². The van der Waals surface area contributed by atoms with Crippen LogP contribution in [0.3, 0.4) is 0 Å². The van der Waals surface area contributed by atoms with Gasteiger partial charge in [-0.3, -0.25) is 14.4 Å². The van der Waals surface area contributed by atoms with Gasteiger partial charge in [0.1, 0.15) is 0 Å². The lowest BCUT2D eigenvalue weighted by molar-refractivity contribution is -0.131. The van der Waals surface area contributed by atoms with Gasteiger partial charge in [0, 0.05) is 44.4 Å². The SMILES string of the molecule is CCCCCCCCCCCCCCCC(=O)N(CCCNC(=O)C1CCCC1)CCCNC(=O)C1CCCC1. The molecule has 0 aromatic carbocycles. The van der Waals surface area contributed by atoms with Gasteiger partial charge in [-0.2, -0.15) is 0 Å². The van der Waals surface area contributed by atoms with E-state index in [4.69, 9.17) is 0 Å². The van der Waals surface area contributed by atoms with E-state index in [1.807, 2.05) is 4.90 Å². The highest BCUT2D eigenvalue weighted by atomic mass is 16.2. The van der Waals surface area contributed by atoms with Gasteiger partial charge in [0.25, 0.3) is 0 Å². The summed E-state index contributed by atoms with van der Waals surface area (Å²) in [6.07, 6.45) is 27.9. The first-order valence-electron chi connectivity index (χ1n) is 17.4. The molecule has 0 atom stereocenters. The van der Waals surface area contributed by atoms with Crippen LogP contribution in [0.1, 0.15) is 161 Å². The summed E-state index contributed by atoms with van der Waals surface area (Å²) >= 11 is 0. The Labute approximate surface area is 246 Å². The van der Waals surface area contributed by atoms with Gasteiger partial charge in [0.15, 0.2) is 0 Å². The molecule has 3 amide bonds. The number of rotatable bonds is 24. The van der Waals surface area contributed by atoms with Gasteiger partial charge >= 0.3 is 0 Å². The first-order chi connectivity index (χ1) is 19.6. The van der Waals surface area contributed by atoms with Crippen molar-refractivity contribution in [2.45, 2.75) is 161 Å². The minimum absolute atomic E-state index is 0.191. The van der Waals surface area contributed by atoms with Crippen LogP contribution in [-0.4, -0.2) is 48.8 Å². The minimum Gasteiger partial charge on any atom is -0.356 e. The zero-order valence-corrected chi connectivity index (χ0v) is 26.1. The van der Waals surface area contributed by atoms with E-state index >= 15 is 0 Å².